The zero-order chi connectivity index (χ0) is 25.1. The molecule has 36 heavy (non-hydrogen) atoms. The SMILES string of the molecule is CCC[C@@H](c1nnnn1C1CCCCC1)N(Cc1ccco1)Cc1cc2cc(C)cc(C)c2[nH]c1=O. The average molecular weight is 489 g/mol. The number of nitrogens with zero attached hydrogens (tertiary/aromatic N) is 5. The number of aromatic nitrogens is 5. The first kappa shape index (κ1) is 24.4. The maximum Gasteiger partial charge on any atom is 0.252 e. The molecule has 8 nitrogen and oxygen atoms in total. The fourth-order valence-electron chi connectivity index (χ4n) is 5.70. The van der Waals surface area contributed by atoms with Crippen LogP contribution < -0.4 is 5.56 Å². The standard InChI is InChI=1S/C28H36N6O2/c1-4-9-25(27-30-31-32-34(27)23-10-6-5-7-11-23)33(18-24-12-8-13-36-24)17-22-16-21-15-19(2)14-20(3)26(21)29-28(22)35/h8,12-16,23,25H,4-7,9-11,17-18H2,1-3H3,(H,29,35)/t25-/m0/s1. The van der Waals surface area contributed by atoms with E-state index in [1.807, 2.05) is 25.1 Å². The highest BCUT2D eigenvalue weighted by Crippen LogP contribution is 2.33. The molecule has 1 saturated carbocycles. The third-order valence-corrected chi connectivity index (χ3v) is 7.42. The Balaban J connectivity index is 1.54. The van der Waals surface area contributed by atoms with Crippen molar-refractivity contribution in [2.24, 2.45) is 0 Å². The van der Waals surface area contributed by atoms with Gasteiger partial charge in [0.15, 0.2) is 5.82 Å². The third kappa shape index (κ3) is 5.14. The molecule has 1 aliphatic carbocycles. The second-order valence-corrected chi connectivity index (χ2v) is 10.2. The second-order valence-electron chi connectivity index (χ2n) is 10.2. The highest BCUT2D eigenvalue weighted by Gasteiger charge is 2.30. The number of fused-ring (bicyclic) bond motifs is 1. The number of H-pyrrole nitrogens is 1. The molecule has 4 aromatic rings. The van der Waals surface area contributed by atoms with Gasteiger partial charge in [0.2, 0.25) is 0 Å². The lowest BCUT2D eigenvalue weighted by atomic mass is 9.95. The maximum atomic E-state index is 13.2. The fourth-order valence-corrected chi connectivity index (χ4v) is 5.70. The smallest absolute Gasteiger partial charge is 0.252 e. The highest BCUT2D eigenvalue weighted by molar-refractivity contribution is 5.82. The van der Waals surface area contributed by atoms with E-state index in [9.17, 15) is 4.79 Å². The predicted octanol–water partition coefficient (Wildman–Crippen LogP) is 5.77. The van der Waals surface area contributed by atoms with Crippen molar-refractivity contribution in [2.45, 2.75) is 90.9 Å². The number of hydrogen-bond donors (Lipinski definition) is 1. The summed E-state index contributed by atoms with van der Waals surface area (Å²) in [6, 6.07) is 10.5. The van der Waals surface area contributed by atoms with Gasteiger partial charge in [-0.2, -0.15) is 0 Å². The van der Waals surface area contributed by atoms with Crippen LogP contribution in [0.2, 0.25) is 0 Å². The van der Waals surface area contributed by atoms with Crippen molar-refractivity contribution >= 4 is 10.9 Å². The number of furan rings is 1. The van der Waals surface area contributed by atoms with E-state index in [-0.39, 0.29) is 11.6 Å². The number of aromatic amines is 1. The van der Waals surface area contributed by atoms with Gasteiger partial charge in [-0.25, -0.2) is 4.68 Å². The summed E-state index contributed by atoms with van der Waals surface area (Å²) in [5.41, 5.74) is 3.84. The minimum Gasteiger partial charge on any atom is -0.468 e. The van der Waals surface area contributed by atoms with E-state index in [4.69, 9.17) is 4.42 Å². The highest BCUT2D eigenvalue weighted by atomic mass is 16.3. The van der Waals surface area contributed by atoms with Crippen LogP contribution in [0.4, 0.5) is 0 Å². The van der Waals surface area contributed by atoms with Gasteiger partial charge >= 0.3 is 0 Å². The second kappa shape index (κ2) is 10.8. The summed E-state index contributed by atoms with van der Waals surface area (Å²) in [7, 11) is 0. The van der Waals surface area contributed by atoms with Crippen molar-refractivity contribution in [3.05, 3.63) is 75.2 Å². The number of tetrazole rings is 1. The molecule has 3 aromatic heterocycles. The Bertz CT molecular complexity index is 1350. The van der Waals surface area contributed by atoms with Crippen molar-refractivity contribution in [1.29, 1.82) is 0 Å². The van der Waals surface area contributed by atoms with E-state index in [0.29, 0.717) is 19.1 Å². The largest absolute Gasteiger partial charge is 0.468 e. The quantitative estimate of drug-likeness (QED) is 0.321. The van der Waals surface area contributed by atoms with Gasteiger partial charge in [0.25, 0.3) is 5.56 Å². The zero-order valence-electron chi connectivity index (χ0n) is 21.5. The lowest BCUT2D eigenvalue weighted by molar-refractivity contribution is 0.139. The van der Waals surface area contributed by atoms with Gasteiger partial charge in [-0.15, -0.1) is 5.10 Å². The van der Waals surface area contributed by atoms with E-state index < -0.39 is 0 Å². The first-order chi connectivity index (χ1) is 17.5. The number of hydrogen-bond acceptors (Lipinski definition) is 6. The summed E-state index contributed by atoms with van der Waals surface area (Å²) in [6.45, 7) is 7.35. The van der Waals surface area contributed by atoms with Crippen LogP contribution in [0.1, 0.15) is 92.2 Å². The van der Waals surface area contributed by atoms with Crippen molar-refractivity contribution < 1.29 is 4.42 Å². The van der Waals surface area contributed by atoms with Gasteiger partial charge in [-0.1, -0.05) is 44.2 Å². The van der Waals surface area contributed by atoms with Crippen LogP contribution in [0.25, 0.3) is 10.9 Å². The molecule has 0 aliphatic heterocycles. The van der Waals surface area contributed by atoms with E-state index in [0.717, 1.165) is 59.3 Å². The van der Waals surface area contributed by atoms with Gasteiger partial charge in [0.1, 0.15) is 5.76 Å². The Labute approximate surface area is 211 Å². The van der Waals surface area contributed by atoms with E-state index in [1.54, 1.807) is 6.26 Å². The number of aryl methyl sites for hydroxylation is 2. The Hall–Kier alpha value is -3.26. The van der Waals surface area contributed by atoms with Gasteiger partial charge in [0, 0.05) is 12.1 Å². The molecule has 1 aromatic carbocycles. The molecule has 8 heteroatoms. The number of rotatable bonds is 9. The molecule has 0 spiro atoms. The maximum absolute atomic E-state index is 13.2. The third-order valence-electron chi connectivity index (χ3n) is 7.42. The molecule has 0 radical (unpaired) electrons. The van der Waals surface area contributed by atoms with Crippen LogP contribution in [-0.2, 0) is 13.1 Å². The first-order valence-corrected chi connectivity index (χ1v) is 13.2. The Morgan fingerprint density at radius 2 is 2.00 bits per heavy atom. The van der Waals surface area contributed by atoms with Crippen LogP contribution in [0.15, 0.2) is 45.8 Å². The van der Waals surface area contributed by atoms with E-state index in [2.05, 4.69) is 56.1 Å². The molecule has 0 bridgehead atoms. The lowest BCUT2D eigenvalue weighted by Crippen LogP contribution is -2.33. The molecule has 3 heterocycles. The molecule has 5 rings (SSSR count). The minimum absolute atomic E-state index is 0.0358. The predicted molar refractivity (Wildman–Crippen MR) is 140 cm³/mol. The van der Waals surface area contributed by atoms with Crippen molar-refractivity contribution in [3.8, 4) is 0 Å². The van der Waals surface area contributed by atoms with Gasteiger partial charge < -0.3 is 9.40 Å². The van der Waals surface area contributed by atoms with Crippen LogP contribution in [0.5, 0.6) is 0 Å². The van der Waals surface area contributed by atoms with Crippen molar-refractivity contribution in [3.63, 3.8) is 0 Å². The summed E-state index contributed by atoms with van der Waals surface area (Å²) in [5.74, 6) is 1.75. The monoisotopic (exact) mass is 488 g/mol. The van der Waals surface area contributed by atoms with Crippen molar-refractivity contribution in [2.75, 3.05) is 0 Å². The van der Waals surface area contributed by atoms with Gasteiger partial charge in [0.05, 0.1) is 30.4 Å². The summed E-state index contributed by atoms with van der Waals surface area (Å²) < 4.78 is 7.80. The van der Waals surface area contributed by atoms with Crippen LogP contribution in [0.3, 0.4) is 0 Å². The lowest BCUT2D eigenvalue weighted by Gasteiger charge is -2.32. The molecular weight excluding hydrogens is 452 g/mol. The van der Waals surface area contributed by atoms with Crippen LogP contribution in [0, 0.1) is 13.8 Å². The summed E-state index contributed by atoms with van der Waals surface area (Å²) in [5, 5.41) is 14.2. The molecule has 1 fully saturated rings. The van der Waals surface area contributed by atoms with Crippen molar-refractivity contribution in [1.82, 2.24) is 30.1 Å². The Morgan fingerprint density at radius 3 is 2.75 bits per heavy atom. The van der Waals surface area contributed by atoms with Crippen LogP contribution >= 0.6 is 0 Å². The Morgan fingerprint density at radius 1 is 1.17 bits per heavy atom. The molecule has 1 aliphatic rings. The zero-order valence-corrected chi connectivity index (χ0v) is 21.5. The summed E-state index contributed by atoms with van der Waals surface area (Å²) >= 11 is 0. The van der Waals surface area contributed by atoms with E-state index in [1.165, 1.54) is 24.8 Å². The molecule has 190 valence electrons. The van der Waals surface area contributed by atoms with Crippen LogP contribution in [-0.4, -0.2) is 30.1 Å². The summed E-state index contributed by atoms with van der Waals surface area (Å²) in [6.07, 6.45) is 9.48. The van der Waals surface area contributed by atoms with E-state index >= 15 is 0 Å². The number of pyridine rings is 1. The molecular formula is C28H36N6O2. The Kier molecular flexibility index (Phi) is 7.32. The summed E-state index contributed by atoms with van der Waals surface area (Å²) in [4.78, 5) is 18.7. The molecule has 1 N–H and O–H groups in total. The average Bonchev–Trinajstić information content (AvgIpc) is 3.56. The number of nitrogens with one attached hydrogen (secondary N) is 1. The molecule has 0 unspecified atom stereocenters. The fraction of sp³-hybridized carbons (Fsp3) is 0.500. The van der Waals surface area contributed by atoms with Gasteiger partial charge in [-0.3, -0.25) is 9.69 Å². The molecule has 1 atom stereocenters. The first-order valence-electron chi connectivity index (χ1n) is 13.2. The number of benzene rings is 1. The minimum atomic E-state index is -0.0546. The normalized spacial score (nSPS) is 15.7. The van der Waals surface area contributed by atoms with Gasteiger partial charge in [-0.05, 0) is 78.8 Å². The molecule has 0 amide bonds. The topological polar surface area (TPSA) is 92.8 Å². The molecule has 0 saturated heterocycles.